The first kappa shape index (κ1) is 19.9. The quantitative estimate of drug-likeness (QED) is 0.807. The topological polar surface area (TPSA) is 70.7 Å². The number of anilines is 1. The molecule has 1 aliphatic rings. The number of benzene rings is 2. The summed E-state index contributed by atoms with van der Waals surface area (Å²) in [6.07, 6.45) is 0.0625. The second kappa shape index (κ2) is 9.37. The van der Waals surface area contributed by atoms with Gasteiger partial charge >= 0.3 is 0 Å². The molecular formula is C22H27N3O3. The summed E-state index contributed by atoms with van der Waals surface area (Å²) in [6, 6.07) is 17.0. The van der Waals surface area contributed by atoms with Crippen molar-refractivity contribution in [2.45, 2.75) is 32.6 Å². The summed E-state index contributed by atoms with van der Waals surface area (Å²) in [5, 5.41) is 6.05. The van der Waals surface area contributed by atoms with E-state index in [9.17, 15) is 9.59 Å². The average Bonchev–Trinajstić information content (AvgIpc) is 2.70. The maximum atomic E-state index is 12.6. The minimum atomic E-state index is -0.173. The van der Waals surface area contributed by atoms with Crippen LogP contribution in [0.2, 0.25) is 0 Å². The highest BCUT2D eigenvalue weighted by molar-refractivity contribution is 6.00. The van der Waals surface area contributed by atoms with Crippen LogP contribution in [0, 0.1) is 0 Å². The molecule has 6 heteroatoms. The molecule has 0 unspecified atom stereocenters. The number of hydrogen-bond donors (Lipinski definition) is 2. The number of para-hydroxylation sites is 1. The molecule has 2 N–H and O–H groups in total. The van der Waals surface area contributed by atoms with Gasteiger partial charge in [-0.2, -0.15) is 0 Å². The highest BCUT2D eigenvalue weighted by Crippen LogP contribution is 2.16. The predicted molar refractivity (Wildman–Crippen MR) is 109 cm³/mol. The molecule has 6 nitrogen and oxygen atoms in total. The second-order valence-electron chi connectivity index (χ2n) is 7.12. The number of carbonyl (C=O) groups is 2. The molecule has 0 saturated carbocycles. The molecule has 2 aromatic carbocycles. The van der Waals surface area contributed by atoms with Crippen LogP contribution in [0.15, 0.2) is 54.6 Å². The fraction of sp³-hybridized carbons (Fsp3) is 0.364. The van der Waals surface area contributed by atoms with E-state index in [-0.39, 0.29) is 30.6 Å². The lowest BCUT2D eigenvalue weighted by Crippen LogP contribution is -2.49. The molecule has 148 valence electrons. The van der Waals surface area contributed by atoms with E-state index in [2.05, 4.69) is 10.6 Å². The number of nitrogens with one attached hydrogen (secondary N) is 2. The summed E-state index contributed by atoms with van der Waals surface area (Å²) in [7, 11) is 0. The standard InChI is InChI=1S/C22H27N3O3/c1-16-14-25(15-17(2)28-16)21(26)13-23-20-11-7-6-10-19(20)22(27)24-12-18-8-4-3-5-9-18/h3-11,16-17,23H,12-15H2,1-2H3,(H,24,27)/t16-,17-/m0/s1. The first-order valence-corrected chi connectivity index (χ1v) is 9.61. The van der Waals surface area contributed by atoms with Crippen molar-refractivity contribution in [3.8, 4) is 0 Å². The molecule has 28 heavy (non-hydrogen) atoms. The van der Waals surface area contributed by atoms with Crippen LogP contribution < -0.4 is 10.6 Å². The van der Waals surface area contributed by atoms with Gasteiger partial charge in [0.1, 0.15) is 0 Å². The molecule has 1 heterocycles. The zero-order valence-corrected chi connectivity index (χ0v) is 16.4. The molecule has 2 aromatic rings. The van der Waals surface area contributed by atoms with Gasteiger partial charge in [-0.1, -0.05) is 42.5 Å². The van der Waals surface area contributed by atoms with Gasteiger partial charge in [0.2, 0.25) is 5.91 Å². The molecule has 0 aromatic heterocycles. The largest absolute Gasteiger partial charge is 0.376 e. The van der Waals surface area contributed by atoms with Crippen LogP contribution in [0.25, 0.3) is 0 Å². The van der Waals surface area contributed by atoms with Crippen LogP contribution in [0.3, 0.4) is 0 Å². The smallest absolute Gasteiger partial charge is 0.253 e. The van der Waals surface area contributed by atoms with Gasteiger partial charge in [0, 0.05) is 25.3 Å². The Morgan fingerprint density at radius 1 is 1.00 bits per heavy atom. The molecule has 3 rings (SSSR count). The summed E-state index contributed by atoms with van der Waals surface area (Å²) in [5.74, 6) is -0.172. The maximum absolute atomic E-state index is 12.6. The van der Waals surface area contributed by atoms with Crippen molar-refractivity contribution in [3.05, 3.63) is 65.7 Å². The summed E-state index contributed by atoms with van der Waals surface area (Å²) < 4.78 is 5.68. The van der Waals surface area contributed by atoms with E-state index in [0.717, 1.165) is 5.56 Å². The van der Waals surface area contributed by atoms with E-state index in [1.165, 1.54) is 0 Å². The predicted octanol–water partition coefficient (Wildman–Crippen LogP) is 2.66. The summed E-state index contributed by atoms with van der Waals surface area (Å²) in [4.78, 5) is 27.0. The van der Waals surface area contributed by atoms with E-state index in [4.69, 9.17) is 4.74 Å². The van der Waals surface area contributed by atoms with E-state index >= 15 is 0 Å². The fourth-order valence-electron chi connectivity index (χ4n) is 3.37. The van der Waals surface area contributed by atoms with Crippen LogP contribution in [-0.2, 0) is 16.1 Å². The highest BCUT2D eigenvalue weighted by atomic mass is 16.5. The molecule has 1 fully saturated rings. The van der Waals surface area contributed by atoms with Crippen LogP contribution in [0.1, 0.15) is 29.8 Å². The van der Waals surface area contributed by atoms with E-state index in [1.54, 1.807) is 6.07 Å². The van der Waals surface area contributed by atoms with E-state index in [0.29, 0.717) is 30.9 Å². The molecule has 0 aliphatic carbocycles. The van der Waals surface area contributed by atoms with Crippen molar-refractivity contribution in [3.63, 3.8) is 0 Å². The highest BCUT2D eigenvalue weighted by Gasteiger charge is 2.25. The lowest BCUT2D eigenvalue weighted by atomic mass is 10.1. The Bertz CT molecular complexity index is 800. The first-order valence-electron chi connectivity index (χ1n) is 9.61. The minimum Gasteiger partial charge on any atom is -0.376 e. The zero-order valence-electron chi connectivity index (χ0n) is 16.4. The number of rotatable bonds is 6. The number of nitrogens with zero attached hydrogens (tertiary/aromatic N) is 1. The van der Waals surface area contributed by atoms with Crippen molar-refractivity contribution in [1.82, 2.24) is 10.2 Å². The van der Waals surface area contributed by atoms with Crippen LogP contribution in [0.5, 0.6) is 0 Å². The molecule has 1 saturated heterocycles. The van der Waals surface area contributed by atoms with Gasteiger partial charge in [-0.25, -0.2) is 0 Å². The molecule has 1 aliphatic heterocycles. The Morgan fingerprint density at radius 3 is 2.36 bits per heavy atom. The van der Waals surface area contributed by atoms with Gasteiger partial charge in [-0.05, 0) is 31.5 Å². The Hall–Kier alpha value is -2.86. The molecule has 0 bridgehead atoms. The van der Waals surface area contributed by atoms with Gasteiger partial charge in [0.05, 0.1) is 24.3 Å². The van der Waals surface area contributed by atoms with Crippen LogP contribution in [0.4, 0.5) is 5.69 Å². The summed E-state index contributed by atoms with van der Waals surface area (Å²) >= 11 is 0. The van der Waals surface area contributed by atoms with Gasteiger partial charge in [-0.15, -0.1) is 0 Å². The van der Waals surface area contributed by atoms with Crippen LogP contribution >= 0.6 is 0 Å². The average molecular weight is 381 g/mol. The SMILES string of the molecule is C[C@H]1CN(C(=O)CNc2ccccc2C(=O)NCc2ccccc2)C[C@H](C)O1. The number of morpholine rings is 1. The molecule has 2 atom stereocenters. The fourth-order valence-corrected chi connectivity index (χ4v) is 3.37. The second-order valence-corrected chi connectivity index (χ2v) is 7.12. The van der Waals surface area contributed by atoms with Gasteiger partial charge in [0.25, 0.3) is 5.91 Å². The van der Waals surface area contributed by atoms with Crippen molar-refractivity contribution in [2.75, 3.05) is 25.0 Å². The van der Waals surface area contributed by atoms with Crippen molar-refractivity contribution in [2.24, 2.45) is 0 Å². The monoisotopic (exact) mass is 381 g/mol. The Balaban J connectivity index is 1.59. The molecule has 2 amide bonds. The molecule has 0 radical (unpaired) electrons. The molecular weight excluding hydrogens is 354 g/mol. The number of ether oxygens (including phenoxy) is 1. The summed E-state index contributed by atoms with van der Waals surface area (Å²) in [6.45, 7) is 5.71. The van der Waals surface area contributed by atoms with Crippen molar-refractivity contribution >= 4 is 17.5 Å². The maximum Gasteiger partial charge on any atom is 0.253 e. The lowest BCUT2D eigenvalue weighted by molar-refractivity contribution is -0.141. The Labute approximate surface area is 165 Å². The van der Waals surface area contributed by atoms with E-state index < -0.39 is 0 Å². The zero-order chi connectivity index (χ0) is 19.9. The number of carbonyl (C=O) groups excluding carboxylic acids is 2. The Kier molecular flexibility index (Phi) is 6.66. The third-order valence-corrected chi connectivity index (χ3v) is 4.67. The van der Waals surface area contributed by atoms with Gasteiger partial charge in [0.15, 0.2) is 0 Å². The van der Waals surface area contributed by atoms with Gasteiger partial charge < -0.3 is 20.3 Å². The third-order valence-electron chi connectivity index (χ3n) is 4.67. The van der Waals surface area contributed by atoms with Crippen molar-refractivity contribution in [1.29, 1.82) is 0 Å². The minimum absolute atomic E-state index is 0.00139. The van der Waals surface area contributed by atoms with Crippen LogP contribution in [-0.4, -0.2) is 48.6 Å². The number of amides is 2. The third kappa shape index (κ3) is 5.33. The first-order chi connectivity index (χ1) is 13.5. The molecule has 0 spiro atoms. The summed E-state index contributed by atoms with van der Waals surface area (Å²) in [5.41, 5.74) is 2.21. The van der Waals surface area contributed by atoms with E-state index in [1.807, 2.05) is 67.3 Å². The van der Waals surface area contributed by atoms with Crippen molar-refractivity contribution < 1.29 is 14.3 Å². The van der Waals surface area contributed by atoms with Gasteiger partial charge in [-0.3, -0.25) is 9.59 Å². The Morgan fingerprint density at radius 2 is 1.64 bits per heavy atom. The lowest BCUT2D eigenvalue weighted by Gasteiger charge is -2.35. The normalized spacial score (nSPS) is 19.1. The number of hydrogen-bond acceptors (Lipinski definition) is 4.